The highest BCUT2D eigenvalue weighted by Gasteiger charge is 2.30. The summed E-state index contributed by atoms with van der Waals surface area (Å²) < 4.78 is 14.3. The van der Waals surface area contributed by atoms with Crippen LogP contribution in [0.3, 0.4) is 0 Å². The minimum Gasteiger partial charge on any atom is -0.444 e. The third-order valence-corrected chi connectivity index (χ3v) is 7.54. The molecule has 3 heterocycles. The van der Waals surface area contributed by atoms with E-state index in [1.165, 1.54) is 4.52 Å². The molecule has 0 bridgehead atoms. The van der Waals surface area contributed by atoms with Crippen molar-refractivity contribution in [3.63, 3.8) is 0 Å². The lowest BCUT2D eigenvalue weighted by atomic mass is 10.2. The molecule has 1 amide bonds. The van der Waals surface area contributed by atoms with Crippen LogP contribution in [0.25, 0.3) is 5.78 Å². The molecule has 0 spiro atoms. The van der Waals surface area contributed by atoms with Gasteiger partial charge in [-0.2, -0.15) is 9.50 Å². The van der Waals surface area contributed by atoms with Crippen LogP contribution in [-0.4, -0.2) is 83.6 Å². The van der Waals surface area contributed by atoms with E-state index in [4.69, 9.17) is 14.3 Å². The molecule has 2 aromatic rings. The molecule has 196 valence electrons. The summed E-state index contributed by atoms with van der Waals surface area (Å²) in [5, 5.41) is 4.23. The maximum absolute atomic E-state index is 13.5. The topological polar surface area (TPSA) is 103 Å². The van der Waals surface area contributed by atoms with Crippen molar-refractivity contribution in [3.8, 4) is 0 Å². The van der Waals surface area contributed by atoms with Crippen LogP contribution >= 0.6 is 15.9 Å². The van der Waals surface area contributed by atoms with E-state index >= 15 is 0 Å². The van der Waals surface area contributed by atoms with Gasteiger partial charge in [0.15, 0.2) is 0 Å². The minimum atomic E-state index is -1.22. The third-order valence-electron chi connectivity index (χ3n) is 5.50. The fourth-order valence-corrected chi connectivity index (χ4v) is 4.79. The van der Waals surface area contributed by atoms with Crippen molar-refractivity contribution in [1.29, 1.82) is 0 Å². The van der Waals surface area contributed by atoms with E-state index in [9.17, 15) is 9.59 Å². The fourth-order valence-electron chi connectivity index (χ4n) is 3.72. The Labute approximate surface area is 215 Å². The van der Waals surface area contributed by atoms with Crippen LogP contribution in [0, 0.1) is 0 Å². The molecule has 2 aromatic heterocycles. The second-order valence-electron chi connectivity index (χ2n) is 10.8. The fraction of sp³-hybridized carbons (Fsp3) is 0.727. The lowest BCUT2D eigenvalue weighted by Crippen LogP contribution is -2.52. The van der Waals surface area contributed by atoms with Gasteiger partial charge in [-0.1, -0.05) is 26.6 Å². The predicted molar refractivity (Wildman–Crippen MR) is 140 cm³/mol. The molecule has 0 saturated carbocycles. The first kappa shape index (κ1) is 27.5. The summed E-state index contributed by atoms with van der Waals surface area (Å²) in [6.07, 6.45) is 0.187. The molecule has 1 saturated heterocycles. The number of carbonyl (C=O) groups excluding carboxylic acids is 1. The molecule has 35 heavy (non-hydrogen) atoms. The second kappa shape index (κ2) is 10.9. The van der Waals surface area contributed by atoms with Crippen LogP contribution in [-0.2, 0) is 15.9 Å². The number of aromatic nitrogens is 4. The monoisotopic (exact) mass is 572 g/mol. The normalized spacial score (nSPS) is 15.1. The van der Waals surface area contributed by atoms with Crippen LogP contribution in [0.1, 0.15) is 33.4 Å². The smallest absolute Gasteiger partial charge is 0.410 e. The Morgan fingerprint density at radius 1 is 1.14 bits per heavy atom. The first-order chi connectivity index (χ1) is 16.3. The third kappa shape index (κ3) is 6.97. The Bertz CT molecular complexity index is 1100. The summed E-state index contributed by atoms with van der Waals surface area (Å²) in [6, 6.07) is 1.03. The van der Waals surface area contributed by atoms with Gasteiger partial charge in [0.25, 0.3) is 11.3 Å². The molecule has 0 N–H and O–H groups in total. The minimum absolute atomic E-state index is 0.0341. The quantitative estimate of drug-likeness (QED) is 0.270. The highest BCUT2D eigenvalue weighted by Crippen LogP contribution is 2.22. The average Bonchev–Trinajstić information content (AvgIpc) is 3.14. The first-order valence-corrected chi connectivity index (χ1v) is 16.4. The molecule has 1 fully saturated rings. The van der Waals surface area contributed by atoms with Crippen LogP contribution in [0.2, 0.25) is 25.7 Å². The van der Waals surface area contributed by atoms with E-state index < -0.39 is 13.7 Å². The lowest BCUT2D eigenvalue weighted by molar-refractivity contribution is -0.0557. The number of rotatable bonds is 8. The number of hydrogen-bond donors (Lipinski definition) is 0. The molecule has 11 nitrogen and oxygen atoms in total. The van der Waals surface area contributed by atoms with Crippen LogP contribution < -0.4 is 15.3 Å². The number of amides is 1. The first-order valence-electron chi connectivity index (χ1n) is 11.9. The summed E-state index contributed by atoms with van der Waals surface area (Å²) >= 11 is 3.27. The number of nitrogens with zero attached hydrogens (tertiary/aromatic N) is 6. The maximum Gasteiger partial charge on any atom is 0.410 e. The molecule has 3 rings (SSSR count). The zero-order valence-corrected chi connectivity index (χ0v) is 24.3. The lowest BCUT2D eigenvalue weighted by Gasteiger charge is -2.37. The number of ether oxygens (including phenoxy) is 2. The van der Waals surface area contributed by atoms with E-state index in [0.717, 1.165) is 6.04 Å². The van der Waals surface area contributed by atoms with Gasteiger partial charge in [-0.3, -0.25) is 4.79 Å². The SMILES string of the molecule is CCc1c(N2CCN(C(=O)OC(C)(C)C)CC2)c(=O)n2nc(Br)nc2n1OCOCC[Si](C)(C)C. The molecule has 0 unspecified atom stereocenters. The van der Waals surface area contributed by atoms with Gasteiger partial charge >= 0.3 is 6.09 Å². The molecule has 1 aliphatic heterocycles. The summed E-state index contributed by atoms with van der Waals surface area (Å²) in [4.78, 5) is 39.9. The van der Waals surface area contributed by atoms with Gasteiger partial charge in [0.05, 0.1) is 5.69 Å². The summed E-state index contributed by atoms with van der Waals surface area (Å²) in [5.74, 6) is 0.281. The number of hydrogen-bond acceptors (Lipinski definition) is 8. The van der Waals surface area contributed by atoms with Gasteiger partial charge in [-0.25, -0.2) is 4.79 Å². The Balaban J connectivity index is 1.84. The largest absolute Gasteiger partial charge is 0.444 e. The molecule has 0 radical (unpaired) electrons. The van der Waals surface area contributed by atoms with E-state index in [1.807, 2.05) is 32.6 Å². The van der Waals surface area contributed by atoms with Crippen LogP contribution in [0.5, 0.6) is 0 Å². The van der Waals surface area contributed by atoms with Crippen molar-refractivity contribution in [2.24, 2.45) is 0 Å². The zero-order chi connectivity index (χ0) is 26.0. The predicted octanol–water partition coefficient (Wildman–Crippen LogP) is 3.01. The van der Waals surface area contributed by atoms with Crippen molar-refractivity contribution >= 4 is 41.6 Å². The molecule has 1 aliphatic rings. The highest BCUT2D eigenvalue weighted by molar-refractivity contribution is 9.10. The average molecular weight is 574 g/mol. The molecule has 0 aromatic carbocycles. The maximum atomic E-state index is 13.5. The van der Waals surface area contributed by atoms with Crippen molar-refractivity contribution in [1.82, 2.24) is 24.2 Å². The Kier molecular flexibility index (Phi) is 8.53. The van der Waals surface area contributed by atoms with E-state index in [2.05, 4.69) is 45.7 Å². The zero-order valence-electron chi connectivity index (χ0n) is 21.8. The van der Waals surface area contributed by atoms with Crippen molar-refractivity contribution in [3.05, 3.63) is 20.8 Å². The molecular weight excluding hydrogens is 536 g/mol. The number of halogens is 1. The number of fused-ring (bicyclic) bond motifs is 1. The van der Waals surface area contributed by atoms with Crippen molar-refractivity contribution in [2.75, 3.05) is 44.5 Å². The van der Waals surface area contributed by atoms with Gasteiger partial charge in [0.2, 0.25) is 11.5 Å². The van der Waals surface area contributed by atoms with E-state index in [1.54, 1.807) is 9.63 Å². The molecule has 0 atom stereocenters. The van der Waals surface area contributed by atoms with E-state index in [-0.39, 0.29) is 24.2 Å². The number of anilines is 1. The van der Waals surface area contributed by atoms with Gasteiger partial charge in [-0.05, 0) is 49.2 Å². The molecular formula is C22H37BrN6O5Si. The summed E-state index contributed by atoms with van der Waals surface area (Å²) in [7, 11) is -1.22. The van der Waals surface area contributed by atoms with Gasteiger partial charge < -0.3 is 24.1 Å². The standard InChI is InChI=1S/C22H37BrN6O5Si/c1-8-16-17(26-9-11-27(12-10-26)21(31)34-22(2,3)4)18(30)28-20(24-19(23)25-28)29(16)33-15-32-13-14-35(5,6)7/h8-15H2,1-7H3. The van der Waals surface area contributed by atoms with Gasteiger partial charge in [-0.15, -0.1) is 9.83 Å². The van der Waals surface area contributed by atoms with Gasteiger partial charge in [0, 0.05) is 40.9 Å². The van der Waals surface area contributed by atoms with Crippen molar-refractivity contribution < 1.29 is 19.1 Å². The summed E-state index contributed by atoms with van der Waals surface area (Å²) in [6.45, 7) is 16.9. The Morgan fingerprint density at radius 2 is 1.80 bits per heavy atom. The summed E-state index contributed by atoms with van der Waals surface area (Å²) in [5.41, 5.74) is 0.336. The Hall–Kier alpha value is -2.12. The van der Waals surface area contributed by atoms with Crippen LogP contribution in [0.4, 0.5) is 10.5 Å². The van der Waals surface area contributed by atoms with Crippen molar-refractivity contribution in [2.45, 2.75) is 65.4 Å². The molecule has 13 heteroatoms. The van der Waals surface area contributed by atoms with Gasteiger partial charge in [0.1, 0.15) is 11.3 Å². The number of piperazine rings is 1. The van der Waals surface area contributed by atoms with Crippen LogP contribution in [0.15, 0.2) is 9.53 Å². The number of carbonyl (C=O) groups is 1. The van der Waals surface area contributed by atoms with E-state index in [0.29, 0.717) is 55.3 Å². The second-order valence-corrected chi connectivity index (χ2v) is 17.1. The molecule has 0 aliphatic carbocycles. The highest BCUT2D eigenvalue weighted by atomic mass is 79.9. The Morgan fingerprint density at radius 3 is 2.37 bits per heavy atom.